The van der Waals surface area contributed by atoms with Gasteiger partial charge in [-0.05, 0) is 30.9 Å². The van der Waals surface area contributed by atoms with Crippen LogP contribution in [0.15, 0.2) is 42.7 Å². The Hall–Kier alpha value is -1.77. The summed E-state index contributed by atoms with van der Waals surface area (Å²) in [4.78, 5) is 4.46. The van der Waals surface area contributed by atoms with Crippen LogP contribution in [0.4, 0.5) is 11.6 Å². The first kappa shape index (κ1) is 12.3. The Bertz CT molecular complexity index is 518. The lowest BCUT2D eigenvalue weighted by Crippen LogP contribution is -2.18. The second kappa shape index (κ2) is 5.47. The van der Waals surface area contributed by atoms with E-state index in [-0.39, 0.29) is 0 Å². The third kappa shape index (κ3) is 2.80. The molecular formula is C16H21N3. The Labute approximate surface area is 114 Å². The van der Waals surface area contributed by atoms with Gasteiger partial charge in [-0.1, -0.05) is 38.0 Å². The van der Waals surface area contributed by atoms with E-state index in [0.717, 1.165) is 17.6 Å². The Morgan fingerprint density at radius 2 is 2.05 bits per heavy atom. The zero-order valence-electron chi connectivity index (χ0n) is 11.4. The smallest absolute Gasteiger partial charge is 0.207 e. The summed E-state index contributed by atoms with van der Waals surface area (Å²) in [5.41, 5.74) is 1.10. The van der Waals surface area contributed by atoms with Gasteiger partial charge < -0.3 is 9.88 Å². The van der Waals surface area contributed by atoms with Gasteiger partial charge in [0.2, 0.25) is 5.95 Å². The maximum atomic E-state index is 4.46. The lowest BCUT2D eigenvalue weighted by Gasteiger charge is -2.28. The minimum atomic E-state index is 0.595. The summed E-state index contributed by atoms with van der Waals surface area (Å²) in [6.45, 7) is 2.35. The molecule has 1 aliphatic rings. The van der Waals surface area contributed by atoms with E-state index in [1.807, 2.05) is 24.4 Å². The highest BCUT2D eigenvalue weighted by molar-refractivity contribution is 5.53. The molecule has 2 unspecified atom stereocenters. The van der Waals surface area contributed by atoms with Gasteiger partial charge >= 0.3 is 0 Å². The number of imidazole rings is 1. The number of nitrogens with one attached hydrogen (secondary N) is 1. The molecule has 0 bridgehead atoms. The molecule has 0 aliphatic heterocycles. The average molecular weight is 255 g/mol. The molecule has 1 aliphatic carbocycles. The number of aromatic nitrogens is 2. The molecule has 3 nitrogen and oxygen atoms in total. The largest absolute Gasteiger partial charge is 0.326 e. The zero-order chi connectivity index (χ0) is 13.1. The standard InChI is InChI=1S/C16H21N3/c1-13-6-5-9-15(12-13)19-11-10-17-16(19)18-14-7-3-2-4-8-14/h2-4,7-8,10-11,13,15H,5-6,9,12H2,1H3,(H,17,18). The summed E-state index contributed by atoms with van der Waals surface area (Å²) in [7, 11) is 0. The van der Waals surface area contributed by atoms with Gasteiger partial charge in [-0.15, -0.1) is 0 Å². The maximum absolute atomic E-state index is 4.46. The van der Waals surface area contributed by atoms with Gasteiger partial charge in [-0.2, -0.15) is 0 Å². The second-order valence-electron chi connectivity index (χ2n) is 5.57. The summed E-state index contributed by atoms with van der Waals surface area (Å²) in [5.74, 6) is 1.79. The van der Waals surface area contributed by atoms with Crippen LogP contribution in [0.3, 0.4) is 0 Å². The molecule has 0 amide bonds. The van der Waals surface area contributed by atoms with E-state index in [2.05, 4.69) is 40.1 Å². The molecule has 1 aromatic carbocycles. The van der Waals surface area contributed by atoms with Crippen LogP contribution in [0.2, 0.25) is 0 Å². The Morgan fingerprint density at radius 1 is 1.21 bits per heavy atom. The highest BCUT2D eigenvalue weighted by atomic mass is 15.2. The van der Waals surface area contributed by atoms with E-state index in [4.69, 9.17) is 0 Å². The van der Waals surface area contributed by atoms with Gasteiger partial charge in [0.25, 0.3) is 0 Å². The molecule has 1 aromatic heterocycles. The molecule has 3 rings (SSSR count). The van der Waals surface area contributed by atoms with Crippen LogP contribution in [0.5, 0.6) is 0 Å². The number of nitrogens with zero attached hydrogens (tertiary/aromatic N) is 2. The van der Waals surface area contributed by atoms with Gasteiger partial charge in [0, 0.05) is 24.1 Å². The van der Waals surface area contributed by atoms with E-state index >= 15 is 0 Å². The van der Waals surface area contributed by atoms with Gasteiger partial charge in [-0.3, -0.25) is 0 Å². The first-order valence-electron chi connectivity index (χ1n) is 7.18. The number of hydrogen-bond acceptors (Lipinski definition) is 2. The van der Waals surface area contributed by atoms with Crippen LogP contribution in [-0.2, 0) is 0 Å². The summed E-state index contributed by atoms with van der Waals surface area (Å²) in [5, 5.41) is 3.42. The molecule has 100 valence electrons. The van der Waals surface area contributed by atoms with E-state index in [9.17, 15) is 0 Å². The molecule has 0 spiro atoms. The molecule has 1 saturated carbocycles. The highest BCUT2D eigenvalue weighted by Gasteiger charge is 2.21. The predicted octanol–water partition coefficient (Wildman–Crippen LogP) is 4.38. The maximum Gasteiger partial charge on any atom is 0.207 e. The van der Waals surface area contributed by atoms with Crippen molar-refractivity contribution in [1.82, 2.24) is 9.55 Å². The first-order valence-corrected chi connectivity index (χ1v) is 7.18. The molecule has 0 radical (unpaired) electrons. The van der Waals surface area contributed by atoms with Gasteiger partial charge in [0.1, 0.15) is 0 Å². The highest BCUT2D eigenvalue weighted by Crippen LogP contribution is 2.34. The summed E-state index contributed by atoms with van der Waals surface area (Å²) >= 11 is 0. The molecule has 2 aromatic rings. The Balaban J connectivity index is 1.78. The number of hydrogen-bond donors (Lipinski definition) is 1. The summed E-state index contributed by atoms with van der Waals surface area (Å²) in [6.07, 6.45) is 9.23. The Morgan fingerprint density at radius 3 is 2.84 bits per heavy atom. The van der Waals surface area contributed by atoms with Crippen molar-refractivity contribution in [3.8, 4) is 0 Å². The fourth-order valence-electron chi connectivity index (χ4n) is 3.01. The van der Waals surface area contributed by atoms with Gasteiger partial charge in [0.05, 0.1) is 0 Å². The molecule has 19 heavy (non-hydrogen) atoms. The fraction of sp³-hybridized carbons (Fsp3) is 0.438. The third-order valence-corrected chi connectivity index (χ3v) is 4.00. The zero-order valence-corrected chi connectivity index (χ0v) is 11.4. The third-order valence-electron chi connectivity index (χ3n) is 4.00. The fourth-order valence-corrected chi connectivity index (χ4v) is 3.01. The van der Waals surface area contributed by atoms with Crippen molar-refractivity contribution in [2.75, 3.05) is 5.32 Å². The number of rotatable bonds is 3. The van der Waals surface area contributed by atoms with Crippen molar-refractivity contribution in [1.29, 1.82) is 0 Å². The van der Waals surface area contributed by atoms with Gasteiger partial charge in [-0.25, -0.2) is 4.98 Å². The lowest BCUT2D eigenvalue weighted by molar-refractivity contribution is 0.284. The minimum Gasteiger partial charge on any atom is -0.326 e. The van der Waals surface area contributed by atoms with Crippen LogP contribution < -0.4 is 5.32 Å². The van der Waals surface area contributed by atoms with Crippen molar-refractivity contribution in [2.24, 2.45) is 5.92 Å². The number of anilines is 2. The molecule has 0 saturated heterocycles. The number of benzene rings is 1. The van der Waals surface area contributed by atoms with Crippen molar-refractivity contribution in [2.45, 2.75) is 38.6 Å². The Kier molecular flexibility index (Phi) is 3.53. The minimum absolute atomic E-state index is 0.595. The topological polar surface area (TPSA) is 29.9 Å². The molecular weight excluding hydrogens is 234 g/mol. The molecule has 2 atom stereocenters. The van der Waals surface area contributed by atoms with Crippen LogP contribution in [-0.4, -0.2) is 9.55 Å². The SMILES string of the molecule is CC1CCCC(n2ccnc2Nc2ccccc2)C1. The predicted molar refractivity (Wildman–Crippen MR) is 78.6 cm³/mol. The van der Waals surface area contributed by atoms with Gasteiger partial charge in [0.15, 0.2) is 0 Å². The summed E-state index contributed by atoms with van der Waals surface area (Å²) < 4.78 is 2.31. The lowest BCUT2D eigenvalue weighted by atomic mass is 9.87. The van der Waals surface area contributed by atoms with Crippen LogP contribution in [0.25, 0.3) is 0 Å². The van der Waals surface area contributed by atoms with Crippen molar-refractivity contribution < 1.29 is 0 Å². The van der Waals surface area contributed by atoms with Crippen molar-refractivity contribution in [3.63, 3.8) is 0 Å². The van der Waals surface area contributed by atoms with Crippen LogP contribution in [0, 0.1) is 5.92 Å². The molecule has 1 N–H and O–H groups in total. The van der Waals surface area contributed by atoms with E-state index in [0.29, 0.717) is 6.04 Å². The van der Waals surface area contributed by atoms with Crippen molar-refractivity contribution >= 4 is 11.6 Å². The van der Waals surface area contributed by atoms with E-state index in [1.54, 1.807) is 0 Å². The summed E-state index contributed by atoms with van der Waals surface area (Å²) in [6, 6.07) is 10.8. The first-order chi connectivity index (χ1) is 9.33. The quantitative estimate of drug-likeness (QED) is 0.882. The molecule has 3 heteroatoms. The van der Waals surface area contributed by atoms with Crippen LogP contribution >= 0.6 is 0 Å². The van der Waals surface area contributed by atoms with E-state index in [1.165, 1.54) is 25.7 Å². The number of para-hydroxylation sites is 1. The average Bonchev–Trinajstić information content (AvgIpc) is 2.88. The molecule has 1 heterocycles. The monoisotopic (exact) mass is 255 g/mol. The second-order valence-corrected chi connectivity index (χ2v) is 5.57. The molecule has 1 fully saturated rings. The van der Waals surface area contributed by atoms with E-state index < -0.39 is 0 Å². The van der Waals surface area contributed by atoms with Crippen molar-refractivity contribution in [3.05, 3.63) is 42.7 Å². The normalized spacial score (nSPS) is 23.2. The van der Waals surface area contributed by atoms with Crippen LogP contribution in [0.1, 0.15) is 38.6 Å².